The fourth-order valence-electron chi connectivity index (χ4n) is 2.17. The van der Waals surface area contributed by atoms with Crippen molar-refractivity contribution in [1.29, 1.82) is 0 Å². The fraction of sp³-hybridized carbons (Fsp3) is 0.125. The van der Waals surface area contributed by atoms with E-state index >= 15 is 0 Å². The molecule has 4 heteroatoms. The summed E-state index contributed by atoms with van der Waals surface area (Å²) in [6, 6.07) is 11.8. The first-order chi connectivity index (χ1) is 9.65. The second-order valence-corrected chi connectivity index (χ2v) is 4.69. The summed E-state index contributed by atoms with van der Waals surface area (Å²) in [7, 11) is 0. The highest BCUT2D eigenvalue weighted by atomic mass is 19.1. The van der Waals surface area contributed by atoms with Crippen LogP contribution in [0.3, 0.4) is 0 Å². The molecule has 1 atom stereocenters. The molecule has 0 aliphatic rings. The van der Waals surface area contributed by atoms with Gasteiger partial charge in [-0.2, -0.15) is 0 Å². The SMILES string of the molecule is Cc1ccc(F)cc1C(O)c1cnc2ccccc2n1. The maximum Gasteiger partial charge on any atom is 0.123 e. The van der Waals surface area contributed by atoms with Crippen LogP contribution in [0.1, 0.15) is 22.9 Å². The third-order valence-electron chi connectivity index (χ3n) is 3.28. The summed E-state index contributed by atoms with van der Waals surface area (Å²) in [5.74, 6) is -0.376. The molecule has 3 rings (SSSR count). The van der Waals surface area contributed by atoms with Gasteiger partial charge in [-0.3, -0.25) is 4.98 Å². The van der Waals surface area contributed by atoms with Gasteiger partial charge in [0.2, 0.25) is 0 Å². The van der Waals surface area contributed by atoms with Crippen molar-refractivity contribution in [2.45, 2.75) is 13.0 Å². The number of aromatic nitrogens is 2. The minimum absolute atomic E-state index is 0.376. The molecule has 20 heavy (non-hydrogen) atoms. The third-order valence-corrected chi connectivity index (χ3v) is 3.28. The number of hydrogen-bond donors (Lipinski definition) is 1. The minimum atomic E-state index is -0.984. The van der Waals surface area contributed by atoms with Crippen molar-refractivity contribution in [1.82, 2.24) is 9.97 Å². The van der Waals surface area contributed by atoms with E-state index in [1.807, 2.05) is 31.2 Å². The Hall–Kier alpha value is -2.33. The summed E-state index contributed by atoms with van der Waals surface area (Å²) in [6.07, 6.45) is 0.542. The second kappa shape index (κ2) is 4.98. The van der Waals surface area contributed by atoms with Gasteiger partial charge in [0, 0.05) is 0 Å². The topological polar surface area (TPSA) is 46.0 Å². The molecular formula is C16H13FN2O. The van der Waals surface area contributed by atoms with Gasteiger partial charge in [-0.25, -0.2) is 9.37 Å². The quantitative estimate of drug-likeness (QED) is 0.776. The largest absolute Gasteiger partial charge is 0.382 e. The molecule has 0 aliphatic carbocycles. The Labute approximate surface area is 115 Å². The van der Waals surface area contributed by atoms with Crippen molar-refractivity contribution >= 4 is 11.0 Å². The lowest BCUT2D eigenvalue weighted by Crippen LogP contribution is -2.05. The van der Waals surface area contributed by atoms with Gasteiger partial charge in [-0.15, -0.1) is 0 Å². The van der Waals surface area contributed by atoms with E-state index in [9.17, 15) is 9.50 Å². The van der Waals surface area contributed by atoms with Crippen molar-refractivity contribution in [2.75, 3.05) is 0 Å². The predicted octanol–water partition coefficient (Wildman–Crippen LogP) is 3.16. The highest BCUT2D eigenvalue weighted by Crippen LogP contribution is 2.24. The lowest BCUT2D eigenvalue weighted by Gasteiger charge is -2.13. The number of fused-ring (bicyclic) bond motifs is 1. The molecule has 100 valence electrons. The summed E-state index contributed by atoms with van der Waals surface area (Å²) < 4.78 is 13.3. The standard InChI is InChI=1S/C16H13FN2O/c1-10-6-7-11(17)8-12(10)16(20)15-9-18-13-4-2-3-5-14(13)19-15/h2-9,16,20H,1H3. The van der Waals surface area contributed by atoms with Crippen LogP contribution in [0.4, 0.5) is 4.39 Å². The normalized spacial score (nSPS) is 12.6. The Balaban J connectivity index is 2.07. The Morgan fingerprint density at radius 2 is 1.85 bits per heavy atom. The summed E-state index contributed by atoms with van der Waals surface area (Å²) >= 11 is 0. The van der Waals surface area contributed by atoms with Crippen LogP contribution in [-0.4, -0.2) is 15.1 Å². The minimum Gasteiger partial charge on any atom is -0.382 e. The van der Waals surface area contributed by atoms with E-state index in [1.165, 1.54) is 18.3 Å². The van der Waals surface area contributed by atoms with E-state index in [1.54, 1.807) is 6.07 Å². The van der Waals surface area contributed by atoms with E-state index in [-0.39, 0.29) is 5.82 Å². The Bertz CT molecular complexity index is 773. The highest BCUT2D eigenvalue weighted by Gasteiger charge is 2.16. The summed E-state index contributed by atoms with van der Waals surface area (Å²) in [6.45, 7) is 1.83. The number of nitrogens with zero attached hydrogens (tertiary/aromatic N) is 2. The highest BCUT2D eigenvalue weighted by molar-refractivity contribution is 5.73. The smallest absolute Gasteiger partial charge is 0.123 e. The van der Waals surface area contributed by atoms with Crippen LogP contribution in [0.25, 0.3) is 11.0 Å². The first-order valence-corrected chi connectivity index (χ1v) is 6.31. The maximum absolute atomic E-state index is 13.3. The molecule has 3 aromatic rings. The molecule has 0 fully saturated rings. The number of rotatable bonds is 2. The Morgan fingerprint density at radius 3 is 2.65 bits per heavy atom. The molecular weight excluding hydrogens is 255 g/mol. The van der Waals surface area contributed by atoms with Crippen LogP contribution in [0.2, 0.25) is 0 Å². The molecule has 0 saturated heterocycles. The van der Waals surface area contributed by atoms with Crippen LogP contribution >= 0.6 is 0 Å². The zero-order valence-corrected chi connectivity index (χ0v) is 10.9. The van der Waals surface area contributed by atoms with Gasteiger partial charge in [0.25, 0.3) is 0 Å². The van der Waals surface area contributed by atoms with Crippen molar-refractivity contribution in [3.05, 3.63) is 71.3 Å². The molecule has 1 unspecified atom stereocenters. The van der Waals surface area contributed by atoms with Crippen LogP contribution < -0.4 is 0 Å². The van der Waals surface area contributed by atoms with Crippen molar-refractivity contribution < 1.29 is 9.50 Å². The van der Waals surface area contributed by atoms with Gasteiger partial charge < -0.3 is 5.11 Å². The first-order valence-electron chi connectivity index (χ1n) is 6.31. The van der Waals surface area contributed by atoms with E-state index in [0.717, 1.165) is 11.1 Å². The van der Waals surface area contributed by atoms with E-state index < -0.39 is 6.10 Å². The van der Waals surface area contributed by atoms with Crippen molar-refractivity contribution in [2.24, 2.45) is 0 Å². The van der Waals surface area contributed by atoms with Crippen LogP contribution in [0.15, 0.2) is 48.7 Å². The molecule has 0 amide bonds. The molecule has 0 radical (unpaired) electrons. The summed E-state index contributed by atoms with van der Waals surface area (Å²) in [4.78, 5) is 8.65. The van der Waals surface area contributed by atoms with Crippen molar-refractivity contribution in [3.8, 4) is 0 Å². The van der Waals surface area contributed by atoms with Crippen molar-refractivity contribution in [3.63, 3.8) is 0 Å². The lowest BCUT2D eigenvalue weighted by atomic mass is 10.0. The second-order valence-electron chi connectivity index (χ2n) is 4.69. The summed E-state index contributed by atoms with van der Waals surface area (Å²) in [5, 5.41) is 10.4. The van der Waals surface area contributed by atoms with Gasteiger partial charge in [0.15, 0.2) is 0 Å². The Morgan fingerprint density at radius 1 is 1.10 bits per heavy atom. The van der Waals surface area contributed by atoms with Gasteiger partial charge in [-0.05, 0) is 42.3 Å². The monoisotopic (exact) mass is 268 g/mol. The zero-order chi connectivity index (χ0) is 14.1. The zero-order valence-electron chi connectivity index (χ0n) is 10.9. The number of aliphatic hydroxyl groups is 1. The number of halogens is 1. The lowest BCUT2D eigenvalue weighted by molar-refractivity contribution is 0.214. The van der Waals surface area contributed by atoms with E-state index in [4.69, 9.17) is 0 Å². The van der Waals surface area contributed by atoms with Crippen LogP contribution in [0, 0.1) is 12.7 Å². The number of para-hydroxylation sites is 2. The molecule has 0 aliphatic heterocycles. The molecule has 0 bridgehead atoms. The molecule has 0 saturated carbocycles. The molecule has 1 heterocycles. The number of aryl methyl sites for hydroxylation is 1. The maximum atomic E-state index is 13.3. The third kappa shape index (κ3) is 2.26. The average molecular weight is 268 g/mol. The average Bonchev–Trinajstić information content (AvgIpc) is 2.48. The number of aliphatic hydroxyl groups excluding tert-OH is 1. The fourth-order valence-corrected chi connectivity index (χ4v) is 2.17. The van der Waals surface area contributed by atoms with Gasteiger partial charge >= 0.3 is 0 Å². The van der Waals surface area contributed by atoms with Gasteiger partial charge in [-0.1, -0.05) is 18.2 Å². The number of benzene rings is 2. The van der Waals surface area contributed by atoms with E-state index in [2.05, 4.69) is 9.97 Å². The molecule has 0 spiro atoms. The van der Waals surface area contributed by atoms with Crippen LogP contribution in [-0.2, 0) is 0 Å². The molecule has 1 N–H and O–H groups in total. The Kier molecular flexibility index (Phi) is 3.16. The predicted molar refractivity (Wildman–Crippen MR) is 74.7 cm³/mol. The number of hydrogen-bond acceptors (Lipinski definition) is 3. The van der Waals surface area contributed by atoms with E-state index in [0.29, 0.717) is 16.8 Å². The molecule has 3 nitrogen and oxygen atoms in total. The first kappa shape index (κ1) is 12.7. The molecule has 2 aromatic carbocycles. The van der Waals surface area contributed by atoms with Gasteiger partial charge in [0.1, 0.15) is 11.9 Å². The van der Waals surface area contributed by atoms with Crippen LogP contribution in [0.5, 0.6) is 0 Å². The van der Waals surface area contributed by atoms with Gasteiger partial charge in [0.05, 0.1) is 22.9 Å². The molecule has 1 aromatic heterocycles. The summed E-state index contributed by atoms with van der Waals surface area (Å²) in [5.41, 5.74) is 3.21.